The van der Waals surface area contributed by atoms with Gasteiger partial charge in [-0.1, -0.05) is 0 Å². The van der Waals surface area contributed by atoms with Crippen molar-refractivity contribution in [2.24, 2.45) is 0 Å². The summed E-state index contributed by atoms with van der Waals surface area (Å²) in [5, 5.41) is 5.82. The fourth-order valence-corrected chi connectivity index (χ4v) is 2.59. The molecule has 0 unspecified atom stereocenters. The Morgan fingerprint density at radius 1 is 1.43 bits per heavy atom. The van der Waals surface area contributed by atoms with E-state index >= 15 is 0 Å². The summed E-state index contributed by atoms with van der Waals surface area (Å²) >= 11 is 0. The molecule has 0 saturated carbocycles. The van der Waals surface area contributed by atoms with Gasteiger partial charge in [0.05, 0.1) is 18.0 Å². The minimum Gasteiger partial charge on any atom is -0.368 e. The molecule has 2 N–H and O–H groups in total. The maximum Gasteiger partial charge on any atom is 0.250 e. The van der Waals surface area contributed by atoms with Gasteiger partial charge in [-0.05, 0) is 38.1 Å². The molecule has 0 spiro atoms. The molecule has 0 radical (unpaired) electrons. The second-order valence-electron chi connectivity index (χ2n) is 4.97. The third kappa shape index (κ3) is 5.07. The maximum absolute atomic E-state index is 11.7. The molecule has 1 amide bonds. The molecule has 0 aliphatic carbocycles. The fraction of sp³-hybridized carbons (Fsp3) is 0.538. The predicted molar refractivity (Wildman–Crippen MR) is 77.8 cm³/mol. The van der Waals surface area contributed by atoms with Crippen molar-refractivity contribution in [3.63, 3.8) is 0 Å². The zero-order valence-electron chi connectivity index (χ0n) is 11.8. The number of pyridine rings is 1. The van der Waals surface area contributed by atoms with E-state index in [1.165, 1.54) is 18.3 Å². The van der Waals surface area contributed by atoms with Gasteiger partial charge in [-0.3, -0.25) is 4.79 Å². The van der Waals surface area contributed by atoms with Gasteiger partial charge in [-0.25, -0.2) is 13.4 Å². The summed E-state index contributed by atoms with van der Waals surface area (Å²) in [4.78, 5) is 15.5. The van der Waals surface area contributed by atoms with E-state index in [1.807, 2.05) is 0 Å². The molecule has 7 nitrogen and oxygen atoms in total. The molecule has 1 saturated heterocycles. The van der Waals surface area contributed by atoms with E-state index in [-0.39, 0.29) is 23.6 Å². The second kappa shape index (κ2) is 6.97. The Labute approximate surface area is 124 Å². The first kappa shape index (κ1) is 15.9. The Balaban J connectivity index is 1.82. The number of carbonyl (C=O) groups excluding carboxylic acids is 1. The van der Waals surface area contributed by atoms with Crippen LogP contribution in [-0.2, 0) is 19.4 Å². The van der Waals surface area contributed by atoms with E-state index in [0.29, 0.717) is 5.69 Å². The van der Waals surface area contributed by atoms with Gasteiger partial charge in [-0.15, -0.1) is 0 Å². The number of aromatic nitrogens is 1. The van der Waals surface area contributed by atoms with Crippen molar-refractivity contribution < 1.29 is 17.9 Å². The number of piperidine rings is 1. The normalized spacial score (nSPS) is 16.6. The molecule has 8 heteroatoms. The summed E-state index contributed by atoms with van der Waals surface area (Å²) in [5.41, 5.74) is 0.446. The lowest BCUT2D eigenvalue weighted by molar-refractivity contribution is -0.123. The Morgan fingerprint density at radius 2 is 2.14 bits per heavy atom. The minimum atomic E-state index is -3.33. The average Bonchev–Trinajstić information content (AvgIpc) is 2.46. The highest BCUT2D eigenvalue weighted by Crippen LogP contribution is 2.11. The van der Waals surface area contributed by atoms with E-state index in [0.717, 1.165) is 32.2 Å². The standard InChI is InChI=1S/C13H19N3O4S/c1-21(18,19)13-3-2-10(8-15-13)16-12(17)9-20-11-4-6-14-7-5-11/h2-3,8,11,14H,4-7,9H2,1H3,(H,16,17). The zero-order valence-corrected chi connectivity index (χ0v) is 12.6. The van der Waals surface area contributed by atoms with Crippen molar-refractivity contribution in [1.29, 1.82) is 0 Å². The summed E-state index contributed by atoms with van der Waals surface area (Å²) in [6.07, 6.45) is 4.32. The van der Waals surface area contributed by atoms with Crippen LogP contribution in [-0.4, -0.2) is 51.4 Å². The Morgan fingerprint density at radius 3 is 2.71 bits per heavy atom. The molecule has 2 heterocycles. The van der Waals surface area contributed by atoms with Crippen LogP contribution in [0.4, 0.5) is 5.69 Å². The Kier molecular flexibility index (Phi) is 5.27. The molecular weight excluding hydrogens is 294 g/mol. The van der Waals surface area contributed by atoms with Crippen molar-refractivity contribution in [2.45, 2.75) is 24.0 Å². The average molecular weight is 313 g/mol. The van der Waals surface area contributed by atoms with Crippen molar-refractivity contribution in [3.8, 4) is 0 Å². The van der Waals surface area contributed by atoms with Crippen molar-refractivity contribution >= 4 is 21.4 Å². The van der Waals surface area contributed by atoms with Crippen LogP contribution in [0.25, 0.3) is 0 Å². The van der Waals surface area contributed by atoms with Crippen LogP contribution in [0.15, 0.2) is 23.4 Å². The van der Waals surface area contributed by atoms with Crippen LogP contribution in [0.5, 0.6) is 0 Å². The predicted octanol–water partition coefficient (Wildman–Crippen LogP) is 0.192. The van der Waals surface area contributed by atoms with Gasteiger partial charge in [0.2, 0.25) is 5.91 Å². The fourth-order valence-electron chi connectivity index (χ4n) is 2.03. The van der Waals surface area contributed by atoms with Crippen LogP contribution < -0.4 is 10.6 Å². The SMILES string of the molecule is CS(=O)(=O)c1ccc(NC(=O)COC2CCNCC2)cn1. The molecule has 0 aromatic carbocycles. The van der Waals surface area contributed by atoms with E-state index in [4.69, 9.17) is 4.74 Å². The third-order valence-electron chi connectivity index (χ3n) is 3.14. The molecule has 1 aliphatic rings. The molecule has 1 aromatic heterocycles. The van der Waals surface area contributed by atoms with Gasteiger partial charge in [0.25, 0.3) is 0 Å². The highest BCUT2D eigenvalue weighted by atomic mass is 32.2. The van der Waals surface area contributed by atoms with Crippen LogP contribution in [0.3, 0.4) is 0 Å². The quantitative estimate of drug-likeness (QED) is 0.805. The summed E-state index contributed by atoms with van der Waals surface area (Å²) < 4.78 is 28.1. The second-order valence-corrected chi connectivity index (χ2v) is 6.93. The summed E-state index contributed by atoms with van der Waals surface area (Å²) in [6, 6.07) is 2.87. The zero-order chi connectivity index (χ0) is 15.3. The molecule has 0 bridgehead atoms. The number of rotatable bonds is 5. The first-order valence-corrected chi connectivity index (χ1v) is 8.62. The number of amides is 1. The highest BCUT2D eigenvalue weighted by Gasteiger charge is 2.15. The number of carbonyl (C=O) groups is 1. The summed E-state index contributed by atoms with van der Waals surface area (Å²) in [5.74, 6) is -0.276. The molecule has 1 aromatic rings. The summed E-state index contributed by atoms with van der Waals surface area (Å²) in [7, 11) is -3.33. The summed E-state index contributed by atoms with van der Waals surface area (Å²) in [6.45, 7) is 1.80. The molecule has 2 rings (SSSR count). The van der Waals surface area contributed by atoms with Crippen LogP contribution in [0.2, 0.25) is 0 Å². The number of hydrogen-bond acceptors (Lipinski definition) is 6. The van der Waals surface area contributed by atoms with E-state index in [1.54, 1.807) is 0 Å². The Hall–Kier alpha value is -1.51. The first-order valence-electron chi connectivity index (χ1n) is 6.73. The molecule has 1 fully saturated rings. The number of nitrogens with zero attached hydrogens (tertiary/aromatic N) is 1. The molecular formula is C13H19N3O4S. The van der Waals surface area contributed by atoms with Gasteiger partial charge in [0.15, 0.2) is 14.9 Å². The number of sulfone groups is 1. The topological polar surface area (TPSA) is 97.4 Å². The van der Waals surface area contributed by atoms with Crippen molar-refractivity contribution in [2.75, 3.05) is 31.3 Å². The first-order chi connectivity index (χ1) is 9.95. The maximum atomic E-state index is 11.7. The molecule has 1 aliphatic heterocycles. The Bertz CT molecular complexity index is 580. The van der Waals surface area contributed by atoms with E-state index < -0.39 is 9.84 Å². The van der Waals surface area contributed by atoms with Gasteiger partial charge in [0, 0.05) is 6.26 Å². The van der Waals surface area contributed by atoms with E-state index in [2.05, 4.69) is 15.6 Å². The minimum absolute atomic E-state index is 0.0154. The molecule has 21 heavy (non-hydrogen) atoms. The largest absolute Gasteiger partial charge is 0.368 e. The third-order valence-corrected chi connectivity index (χ3v) is 4.14. The van der Waals surface area contributed by atoms with Crippen LogP contribution in [0.1, 0.15) is 12.8 Å². The number of hydrogen-bond donors (Lipinski definition) is 2. The lowest BCUT2D eigenvalue weighted by atomic mass is 10.1. The van der Waals surface area contributed by atoms with Gasteiger partial charge < -0.3 is 15.4 Å². The molecule has 0 atom stereocenters. The van der Waals surface area contributed by atoms with Gasteiger partial charge in [0.1, 0.15) is 6.61 Å². The highest BCUT2D eigenvalue weighted by molar-refractivity contribution is 7.90. The lowest BCUT2D eigenvalue weighted by Gasteiger charge is -2.22. The van der Waals surface area contributed by atoms with Crippen LogP contribution >= 0.6 is 0 Å². The number of nitrogens with one attached hydrogen (secondary N) is 2. The lowest BCUT2D eigenvalue weighted by Crippen LogP contribution is -2.34. The number of anilines is 1. The smallest absolute Gasteiger partial charge is 0.250 e. The monoisotopic (exact) mass is 313 g/mol. The van der Waals surface area contributed by atoms with Gasteiger partial charge >= 0.3 is 0 Å². The van der Waals surface area contributed by atoms with Gasteiger partial charge in [-0.2, -0.15) is 0 Å². The van der Waals surface area contributed by atoms with Crippen molar-refractivity contribution in [3.05, 3.63) is 18.3 Å². The molecule has 116 valence electrons. The van der Waals surface area contributed by atoms with E-state index in [9.17, 15) is 13.2 Å². The van der Waals surface area contributed by atoms with Crippen molar-refractivity contribution in [1.82, 2.24) is 10.3 Å². The number of ether oxygens (including phenoxy) is 1. The van der Waals surface area contributed by atoms with Crippen LogP contribution in [0, 0.1) is 0 Å².